The molecule has 0 spiro atoms. The number of amides is 1. The number of hydrogen-bond donors (Lipinski definition) is 2. The summed E-state index contributed by atoms with van der Waals surface area (Å²) in [5, 5.41) is 19.1. The second-order valence-corrected chi connectivity index (χ2v) is 7.70. The van der Waals surface area contributed by atoms with Gasteiger partial charge < -0.3 is 5.11 Å². The maximum Gasteiger partial charge on any atom is 0.313 e. The molecule has 2 aromatic rings. The van der Waals surface area contributed by atoms with Crippen LogP contribution in [0.2, 0.25) is 0 Å². The number of benzene rings is 1. The van der Waals surface area contributed by atoms with Gasteiger partial charge in [0.05, 0.1) is 5.75 Å². The lowest BCUT2D eigenvalue weighted by molar-refractivity contribution is -0.133. The molecule has 0 aliphatic carbocycles. The van der Waals surface area contributed by atoms with E-state index in [1.807, 2.05) is 6.07 Å². The SMILES string of the molecule is O=C(O)CSc1nnc(NC(=O)c2cc(Br)cc(Br)c2)s1. The van der Waals surface area contributed by atoms with E-state index in [1.165, 1.54) is 0 Å². The molecular formula is C11H7Br2N3O3S2. The number of thioether (sulfide) groups is 1. The minimum absolute atomic E-state index is 0.0961. The molecule has 1 aromatic carbocycles. The van der Waals surface area contributed by atoms with E-state index in [2.05, 4.69) is 47.4 Å². The summed E-state index contributed by atoms with van der Waals surface area (Å²) in [6.45, 7) is 0. The van der Waals surface area contributed by atoms with Gasteiger partial charge in [0, 0.05) is 14.5 Å². The van der Waals surface area contributed by atoms with E-state index in [-0.39, 0.29) is 11.7 Å². The zero-order valence-electron chi connectivity index (χ0n) is 10.2. The molecule has 2 rings (SSSR count). The van der Waals surface area contributed by atoms with Crippen molar-refractivity contribution in [2.24, 2.45) is 0 Å². The number of carbonyl (C=O) groups excluding carboxylic acids is 1. The van der Waals surface area contributed by atoms with Crippen LogP contribution in [0.3, 0.4) is 0 Å². The summed E-state index contributed by atoms with van der Waals surface area (Å²) < 4.78 is 2.04. The van der Waals surface area contributed by atoms with Crippen molar-refractivity contribution in [3.8, 4) is 0 Å². The summed E-state index contributed by atoms with van der Waals surface area (Å²) in [6, 6.07) is 5.19. The monoisotopic (exact) mass is 451 g/mol. The number of carbonyl (C=O) groups is 2. The van der Waals surface area contributed by atoms with Crippen molar-refractivity contribution >= 4 is 72.0 Å². The van der Waals surface area contributed by atoms with Crippen LogP contribution in [-0.2, 0) is 4.79 Å². The van der Waals surface area contributed by atoms with Gasteiger partial charge in [-0.1, -0.05) is 55.0 Å². The third-order valence-electron chi connectivity index (χ3n) is 2.07. The molecular weight excluding hydrogens is 446 g/mol. The summed E-state index contributed by atoms with van der Waals surface area (Å²) in [7, 11) is 0. The van der Waals surface area contributed by atoms with Crippen molar-refractivity contribution < 1.29 is 14.7 Å². The summed E-state index contributed by atoms with van der Waals surface area (Å²) in [5.41, 5.74) is 0.464. The number of halogens is 2. The van der Waals surface area contributed by atoms with Crippen LogP contribution in [0, 0.1) is 0 Å². The fourth-order valence-electron chi connectivity index (χ4n) is 1.30. The van der Waals surface area contributed by atoms with Gasteiger partial charge in [-0.25, -0.2) is 0 Å². The predicted molar refractivity (Wildman–Crippen MR) is 88.1 cm³/mol. The summed E-state index contributed by atoms with van der Waals surface area (Å²) >= 11 is 8.81. The second-order valence-electron chi connectivity index (χ2n) is 3.67. The van der Waals surface area contributed by atoms with Crippen LogP contribution in [-0.4, -0.2) is 32.9 Å². The van der Waals surface area contributed by atoms with Crippen molar-refractivity contribution in [2.75, 3.05) is 11.1 Å². The highest BCUT2D eigenvalue weighted by atomic mass is 79.9. The van der Waals surface area contributed by atoms with Crippen LogP contribution in [0.25, 0.3) is 0 Å². The largest absolute Gasteiger partial charge is 0.481 e. The Morgan fingerprint density at radius 3 is 2.52 bits per heavy atom. The Labute approximate surface area is 144 Å². The first-order chi connectivity index (χ1) is 9.94. The van der Waals surface area contributed by atoms with Crippen molar-refractivity contribution in [1.82, 2.24) is 10.2 Å². The van der Waals surface area contributed by atoms with E-state index in [4.69, 9.17) is 5.11 Å². The maximum atomic E-state index is 12.1. The van der Waals surface area contributed by atoms with E-state index in [9.17, 15) is 9.59 Å². The molecule has 1 aromatic heterocycles. The van der Waals surface area contributed by atoms with Crippen LogP contribution in [0.15, 0.2) is 31.5 Å². The Balaban J connectivity index is 2.04. The number of nitrogens with one attached hydrogen (secondary N) is 1. The van der Waals surface area contributed by atoms with Gasteiger partial charge >= 0.3 is 5.97 Å². The van der Waals surface area contributed by atoms with Gasteiger partial charge in [-0.15, -0.1) is 10.2 Å². The first kappa shape index (κ1) is 16.4. The van der Waals surface area contributed by atoms with E-state index in [1.54, 1.807) is 12.1 Å². The molecule has 0 aliphatic rings. The first-order valence-corrected chi connectivity index (χ1v) is 8.78. The topological polar surface area (TPSA) is 92.2 Å². The highest BCUT2D eigenvalue weighted by Crippen LogP contribution is 2.26. The maximum absolute atomic E-state index is 12.1. The fourth-order valence-corrected chi connectivity index (χ4v) is 4.06. The molecule has 110 valence electrons. The Bertz CT molecular complexity index is 673. The number of rotatable bonds is 5. The normalized spacial score (nSPS) is 10.4. The molecule has 0 aliphatic heterocycles. The number of hydrogen-bond acceptors (Lipinski definition) is 6. The molecule has 0 fully saturated rings. The van der Waals surface area contributed by atoms with Gasteiger partial charge in [0.2, 0.25) is 5.13 Å². The van der Waals surface area contributed by atoms with E-state index in [0.717, 1.165) is 32.0 Å². The number of carboxylic acid groups (broad SMARTS) is 1. The third kappa shape index (κ3) is 5.06. The molecule has 1 heterocycles. The lowest BCUT2D eigenvalue weighted by atomic mass is 10.2. The lowest BCUT2D eigenvalue weighted by Crippen LogP contribution is -2.11. The molecule has 6 nitrogen and oxygen atoms in total. The number of aliphatic carboxylic acids is 1. The molecule has 0 radical (unpaired) electrons. The molecule has 1 amide bonds. The lowest BCUT2D eigenvalue weighted by Gasteiger charge is -2.02. The molecule has 2 N–H and O–H groups in total. The highest BCUT2D eigenvalue weighted by molar-refractivity contribution is 9.11. The number of aromatic nitrogens is 2. The Hall–Kier alpha value is -0.970. The summed E-state index contributed by atoms with van der Waals surface area (Å²) in [6.07, 6.45) is 0. The van der Waals surface area contributed by atoms with Crippen molar-refractivity contribution in [3.63, 3.8) is 0 Å². The molecule has 0 bridgehead atoms. The van der Waals surface area contributed by atoms with Crippen LogP contribution in [0.1, 0.15) is 10.4 Å². The average molecular weight is 453 g/mol. The Morgan fingerprint density at radius 1 is 1.24 bits per heavy atom. The van der Waals surface area contributed by atoms with E-state index in [0.29, 0.717) is 15.0 Å². The van der Waals surface area contributed by atoms with Gasteiger partial charge in [0.25, 0.3) is 5.91 Å². The predicted octanol–water partition coefficient (Wildman–Crippen LogP) is 3.49. The number of anilines is 1. The summed E-state index contributed by atoms with van der Waals surface area (Å²) in [5.74, 6) is -1.34. The standard InChI is InChI=1S/C11H7Br2N3O3S2/c12-6-1-5(2-7(13)3-6)9(19)14-10-15-16-11(21-10)20-4-8(17)18/h1-3H,4H2,(H,17,18)(H,14,15,19). The minimum Gasteiger partial charge on any atom is -0.481 e. The average Bonchev–Trinajstić information content (AvgIpc) is 2.83. The van der Waals surface area contributed by atoms with Crippen molar-refractivity contribution in [1.29, 1.82) is 0 Å². The first-order valence-electron chi connectivity index (χ1n) is 5.39. The van der Waals surface area contributed by atoms with Crippen molar-refractivity contribution in [2.45, 2.75) is 4.34 Å². The quantitative estimate of drug-likeness (QED) is 0.532. The Kier molecular flexibility index (Phi) is 5.73. The van der Waals surface area contributed by atoms with Gasteiger partial charge in [-0.05, 0) is 18.2 Å². The van der Waals surface area contributed by atoms with Crippen LogP contribution in [0.4, 0.5) is 5.13 Å². The molecule has 0 atom stereocenters. The number of nitrogens with zero attached hydrogens (tertiary/aromatic N) is 2. The molecule has 10 heteroatoms. The molecule has 0 saturated carbocycles. The molecule has 0 unspecified atom stereocenters. The smallest absolute Gasteiger partial charge is 0.313 e. The van der Waals surface area contributed by atoms with Crippen LogP contribution < -0.4 is 5.32 Å². The van der Waals surface area contributed by atoms with Gasteiger partial charge in [0.15, 0.2) is 4.34 Å². The van der Waals surface area contributed by atoms with Crippen LogP contribution in [0.5, 0.6) is 0 Å². The third-order valence-corrected chi connectivity index (χ3v) is 4.94. The zero-order chi connectivity index (χ0) is 15.4. The van der Waals surface area contributed by atoms with E-state index < -0.39 is 5.97 Å². The van der Waals surface area contributed by atoms with Gasteiger partial charge in [0.1, 0.15) is 0 Å². The van der Waals surface area contributed by atoms with E-state index >= 15 is 0 Å². The zero-order valence-corrected chi connectivity index (χ0v) is 15.0. The summed E-state index contributed by atoms with van der Waals surface area (Å²) in [4.78, 5) is 22.5. The molecule has 21 heavy (non-hydrogen) atoms. The fraction of sp³-hybridized carbons (Fsp3) is 0.0909. The minimum atomic E-state index is -0.931. The van der Waals surface area contributed by atoms with Crippen LogP contribution >= 0.6 is 55.0 Å². The molecule has 0 saturated heterocycles. The number of carboxylic acids is 1. The highest BCUT2D eigenvalue weighted by Gasteiger charge is 2.12. The van der Waals surface area contributed by atoms with Crippen molar-refractivity contribution in [3.05, 3.63) is 32.7 Å². The second kappa shape index (κ2) is 7.34. The van der Waals surface area contributed by atoms with Gasteiger partial charge in [-0.3, -0.25) is 14.9 Å². The van der Waals surface area contributed by atoms with Gasteiger partial charge in [-0.2, -0.15) is 0 Å². The Morgan fingerprint density at radius 2 is 1.90 bits per heavy atom.